The Morgan fingerprint density at radius 2 is 1.92 bits per heavy atom. The molecular formula is C18H13Cl2NO2S2. The van der Waals surface area contributed by atoms with E-state index < -0.39 is 0 Å². The van der Waals surface area contributed by atoms with Gasteiger partial charge < -0.3 is 4.74 Å². The molecule has 0 spiro atoms. The lowest BCUT2D eigenvalue weighted by atomic mass is 10.1. The number of thioether (sulfide) groups is 1. The third-order valence-corrected chi connectivity index (χ3v) is 5.73. The summed E-state index contributed by atoms with van der Waals surface area (Å²) in [6, 6.07) is 10.8. The van der Waals surface area contributed by atoms with Crippen LogP contribution in [0.3, 0.4) is 0 Å². The van der Waals surface area contributed by atoms with E-state index in [0.717, 1.165) is 16.9 Å². The van der Waals surface area contributed by atoms with Crippen molar-refractivity contribution in [2.75, 3.05) is 12.0 Å². The number of thiocarbonyl (C=S) groups is 1. The van der Waals surface area contributed by atoms with Crippen LogP contribution in [0.15, 0.2) is 41.3 Å². The first-order valence-electron chi connectivity index (χ1n) is 7.28. The van der Waals surface area contributed by atoms with E-state index in [0.29, 0.717) is 25.0 Å². The summed E-state index contributed by atoms with van der Waals surface area (Å²) in [5.41, 5.74) is 2.50. The van der Waals surface area contributed by atoms with Crippen LogP contribution < -0.4 is 9.64 Å². The van der Waals surface area contributed by atoms with Crippen LogP contribution in [-0.2, 0) is 4.79 Å². The van der Waals surface area contributed by atoms with E-state index in [-0.39, 0.29) is 5.91 Å². The second kappa shape index (κ2) is 7.38. The number of nitrogens with zero attached hydrogens (tertiary/aromatic N) is 1. The van der Waals surface area contributed by atoms with Crippen LogP contribution in [0, 0.1) is 6.92 Å². The molecule has 3 nitrogen and oxygen atoms in total. The zero-order chi connectivity index (χ0) is 18.1. The van der Waals surface area contributed by atoms with Crippen molar-refractivity contribution >= 4 is 69.2 Å². The highest BCUT2D eigenvalue weighted by atomic mass is 35.5. The summed E-state index contributed by atoms with van der Waals surface area (Å²) in [5.74, 6) is 0.585. The number of amides is 1. The average molecular weight is 410 g/mol. The van der Waals surface area contributed by atoms with Gasteiger partial charge in [0.1, 0.15) is 5.75 Å². The van der Waals surface area contributed by atoms with Gasteiger partial charge in [0.15, 0.2) is 4.32 Å². The Labute approximate surface area is 165 Å². The third-order valence-electron chi connectivity index (χ3n) is 3.68. The lowest BCUT2D eigenvalue weighted by Gasteiger charge is -2.15. The summed E-state index contributed by atoms with van der Waals surface area (Å²) in [7, 11) is 1.62. The largest absolute Gasteiger partial charge is 0.496 e. The fraction of sp³-hybridized carbons (Fsp3) is 0.111. The Balaban J connectivity index is 1.94. The SMILES string of the molecule is COc1cc(/C=C2\SC(=S)N(c3ccc(Cl)c(Cl)c3)C2=O)ccc1C. The molecule has 0 unspecified atom stereocenters. The summed E-state index contributed by atoms with van der Waals surface area (Å²) in [5, 5.41) is 0.804. The van der Waals surface area contributed by atoms with Gasteiger partial charge in [-0.15, -0.1) is 0 Å². The average Bonchev–Trinajstić information content (AvgIpc) is 2.86. The molecule has 0 saturated carbocycles. The number of ether oxygens (including phenoxy) is 1. The van der Waals surface area contributed by atoms with Crippen molar-refractivity contribution in [3.05, 3.63) is 62.5 Å². The zero-order valence-corrected chi connectivity index (χ0v) is 16.5. The predicted octanol–water partition coefficient (Wildman–Crippen LogP) is 5.72. The van der Waals surface area contributed by atoms with Crippen molar-refractivity contribution in [1.82, 2.24) is 0 Å². The number of halogens is 2. The van der Waals surface area contributed by atoms with Crippen molar-refractivity contribution in [2.24, 2.45) is 0 Å². The number of carbonyl (C=O) groups is 1. The number of benzene rings is 2. The summed E-state index contributed by atoms with van der Waals surface area (Å²) in [6.07, 6.45) is 1.80. The van der Waals surface area contributed by atoms with Crippen molar-refractivity contribution < 1.29 is 9.53 Å². The minimum Gasteiger partial charge on any atom is -0.496 e. The van der Waals surface area contributed by atoms with Crippen LogP contribution in [-0.4, -0.2) is 17.3 Å². The summed E-state index contributed by atoms with van der Waals surface area (Å²) >= 11 is 18.6. The zero-order valence-electron chi connectivity index (χ0n) is 13.4. The molecule has 0 aliphatic carbocycles. The van der Waals surface area contributed by atoms with Gasteiger partial charge in [0, 0.05) is 0 Å². The van der Waals surface area contributed by atoms with Crippen molar-refractivity contribution in [3.63, 3.8) is 0 Å². The van der Waals surface area contributed by atoms with Gasteiger partial charge in [-0.05, 0) is 48.4 Å². The smallest absolute Gasteiger partial charge is 0.270 e. The van der Waals surface area contributed by atoms with E-state index in [2.05, 4.69) is 0 Å². The van der Waals surface area contributed by atoms with Crippen LogP contribution in [0.2, 0.25) is 10.0 Å². The molecule has 0 atom stereocenters. The van der Waals surface area contributed by atoms with E-state index >= 15 is 0 Å². The molecule has 0 aromatic heterocycles. The fourth-order valence-electron chi connectivity index (χ4n) is 2.39. The number of rotatable bonds is 3. The van der Waals surface area contributed by atoms with Crippen LogP contribution in [0.1, 0.15) is 11.1 Å². The number of hydrogen-bond acceptors (Lipinski definition) is 4. The van der Waals surface area contributed by atoms with Crippen LogP contribution in [0.5, 0.6) is 5.75 Å². The molecule has 0 radical (unpaired) electrons. The molecule has 128 valence electrons. The van der Waals surface area contributed by atoms with Gasteiger partial charge in [-0.1, -0.05) is 59.3 Å². The van der Waals surface area contributed by atoms with Crippen molar-refractivity contribution in [3.8, 4) is 5.75 Å². The van der Waals surface area contributed by atoms with Gasteiger partial charge in [0.25, 0.3) is 5.91 Å². The third kappa shape index (κ3) is 3.70. The van der Waals surface area contributed by atoms with Crippen molar-refractivity contribution in [2.45, 2.75) is 6.92 Å². The maximum atomic E-state index is 12.8. The molecule has 25 heavy (non-hydrogen) atoms. The first-order chi connectivity index (χ1) is 11.9. The summed E-state index contributed by atoms with van der Waals surface area (Å²) in [4.78, 5) is 14.8. The number of aryl methyl sites for hydroxylation is 1. The lowest BCUT2D eigenvalue weighted by molar-refractivity contribution is -0.113. The van der Waals surface area contributed by atoms with Crippen LogP contribution >= 0.6 is 47.2 Å². The Hall–Kier alpha value is -1.53. The molecule has 2 aromatic rings. The van der Waals surface area contributed by atoms with Gasteiger partial charge in [0.05, 0.1) is 27.7 Å². The van der Waals surface area contributed by atoms with Gasteiger partial charge in [-0.2, -0.15) is 0 Å². The summed E-state index contributed by atoms with van der Waals surface area (Å²) in [6.45, 7) is 1.96. The van der Waals surface area contributed by atoms with E-state index in [1.165, 1.54) is 16.7 Å². The molecule has 1 saturated heterocycles. The number of carbonyl (C=O) groups excluding carboxylic acids is 1. The maximum absolute atomic E-state index is 12.8. The molecular weight excluding hydrogens is 397 g/mol. The number of methoxy groups -OCH3 is 1. The Kier molecular flexibility index (Phi) is 5.39. The molecule has 0 N–H and O–H groups in total. The Morgan fingerprint density at radius 3 is 2.60 bits per heavy atom. The molecule has 1 fully saturated rings. The molecule has 2 aromatic carbocycles. The van der Waals surface area contributed by atoms with Gasteiger partial charge >= 0.3 is 0 Å². The monoisotopic (exact) mass is 409 g/mol. The molecule has 0 bridgehead atoms. The molecule has 1 heterocycles. The lowest BCUT2D eigenvalue weighted by Crippen LogP contribution is -2.27. The highest BCUT2D eigenvalue weighted by Gasteiger charge is 2.33. The van der Waals surface area contributed by atoms with E-state index in [1.807, 2.05) is 25.1 Å². The highest BCUT2D eigenvalue weighted by Crippen LogP contribution is 2.38. The quantitative estimate of drug-likeness (QED) is 0.479. The van der Waals surface area contributed by atoms with Crippen LogP contribution in [0.25, 0.3) is 6.08 Å². The van der Waals surface area contributed by atoms with Gasteiger partial charge in [0.2, 0.25) is 0 Å². The molecule has 1 amide bonds. The number of anilines is 1. The molecule has 1 aliphatic rings. The molecule has 3 rings (SSSR count). The second-order valence-corrected chi connectivity index (χ2v) is 7.83. The topological polar surface area (TPSA) is 29.5 Å². The highest BCUT2D eigenvalue weighted by molar-refractivity contribution is 8.27. The predicted molar refractivity (Wildman–Crippen MR) is 110 cm³/mol. The van der Waals surface area contributed by atoms with Gasteiger partial charge in [-0.25, -0.2) is 0 Å². The number of hydrogen-bond donors (Lipinski definition) is 0. The molecule has 7 heteroatoms. The van der Waals surface area contributed by atoms with Gasteiger partial charge in [-0.3, -0.25) is 9.69 Å². The van der Waals surface area contributed by atoms with E-state index in [4.69, 9.17) is 40.2 Å². The maximum Gasteiger partial charge on any atom is 0.270 e. The molecule has 1 aliphatic heterocycles. The first-order valence-corrected chi connectivity index (χ1v) is 9.26. The normalized spacial score (nSPS) is 16.0. The minimum atomic E-state index is -0.187. The second-order valence-electron chi connectivity index (χ2n) is 5.34. The summed E-state index contributed by atoms with van der Waals surface area (Å²) < 4.78 is 5.78. The van der Waals surface area contributed by atoms with Crippen LogP contribution in [0.4, 0.5) is 5.69 Å². The Bertz CT molecular complexity index is 912. The van der Waals surface area contributed by atoms with E-state index in [9.17, 15) is 4.79 Å². The van der Waals surface area contributed by atoms with Crippen molar-refractivity contribution in [1.29, 1.82) is 0 Å². The Morgan fingerprint density at radius 1 is 1.16 bits per heavy atom. The van der Waals surface area contributed by atoms with E-state index in [1.54, 1.807) is 31.4 Å². The standard InChI is InChI=1S/C18H13Cl2NO2S2/c1-10-3-4-11(7-15(10)23-2)8-16-17(22)21(18(24)25-16)12-5-6-13(19)14(20)9-12/h3-9H,1-2H3/b16-8-. The minimum absolute atomic E-state index is 0.187. The first kappa shape index (κ1) is 18.3. The fourth-order valence-corrected chi connectivity index (χ4v) is 3.98.